The SMILES string of the molecule is O=CCC(O)C(O)CO.O=[N+]([O-])n1ccnc1. The zero-order valence-electron chi connectivity index (χ0n) is 8.79. The molecule has 0 aliphatic rings. The lowest BCUT2D eigenvalue weighted by molar-refractivity contribution is -0.542. The molecule has 0 saturated heterocycles. The molecule has 0 fully saturated rings. The average Bonchev–Trinajstić information content (AvgIpc) is 2.82. The highest BCUT2D eigenvalue weighted by Gasteiger charge is 2.13. The van der Waals surface area contributed by atoms with Gasteiger partial charge in [0.15, 0.2) is 11.4 Å². The fourth-order valence-corrected chi connectivity index (χ4v) is 0.726. The fourth-order valence-electron chi connectivity index (χ4n) is 0.726. The lowest BCUT2D eigenvalue weighted by atomic mass is 10.2. The number of nitro groups is 1. The van der Waals surface area contributed by atoms with Crippen molar-refractivity contribution in [2.75, 3.05) is 6.61 Å². The number of aromatic nitrogens is 2. The Hall–Kier alpha value is -1.84. The molecule has 1 rings (SSSR count). The summed E-state index contributed by atoms with van der Waals surface area (Å²) in [6, 6.07) is 0. The predicted molar refractivity (Wildman–Crippen MR) is 54.4 cm³/mol. The molecule has 1 heterocycles. The van der Waals surface area contributed by atoms with Crippen LogP contribution in [-0.4, -0.2) is 55.1 Å². The van der Waals surface area contributed by atoms with E-state index in [1.807, 2.05) is 0 Å². The number of rotatable bonds is 5. The summed E-state index contributed by atoms with van der Waals surface area (Å²) in [5.41, 5.74) is 0. The Morgan fingerprint density at radius 2 is 2.12 bits per heavy atom. The first-order chi connectivity index (χ1) is 8.02. The second-order valence-electron chi connectivity index (χ2n) is 2.90. The van der Waals surface area contributed by atoms with E-state index < -0.39 is 23.8 Å². The van der Waals surface area contributed by atoms with Crippen LogP contribution in [0.15, 0.2) is 18.7 Å². The number of imidazole rings is 1. The van der Waals surface area contributed by atoms with E-state index in [4.69, 9.17) is 15.3 Å². The lowest BCUT2D eigenvalue weighted by Gasteiger charge is -2.11. The monoisotopic (exact) mass is 247 g/mol. The summed E-state index contributed by atoms with van der Waals surface area (Å²) < 4.78 is 0.778. The number of aliphatic hydroxyl groups is 3. The minimum atomic E-state index is -1.20. The van der Waals surface area contributed by atoms with Crippen LogP contribution in [0.25, 0.3) is 0 Å². The number of hydrogen-bond donors (Lipinski definition) is 3. The molecule has 0 aliphatic carbocycles. The summed E-state index contributed by atoms with van der Waals surface area (Å²) in [4.78, 5) is 22.9. The van der Waals surface area contributed by atoms with Crippen LogP contribution >= 0.6 is 0 Å². The third-order valence-corrected chi connectivity index (χ3v) is 1.65. The summed E-state index contributed by atoms with van der Waals surface area (Å²) in [6.45, 7) is -0.519. The highest BCUT2D eigenvalue weighted by atomic mass is 16.7. The van der Waals surface area contributed by atoms with Crippen molar-refractivity contribution < 1.29 is 25.1 Å². The number of carbonyl (C=O) groups is 1. The van der Waals surface area contributed by atoms with Crippen molar-refractivity contribution in [3.05, 3.63) is 28.8 Å². The standard InChI is InChI=1S/C5H10O4.C3H3N3O2/c6-2-1-4(8)5(9)3-7;7-6(8)5-2-1-4-3-5/h2,4-5,7-9H,1,3H2;1-3H. The van der Waals surface area contributed by atoms with E-state index in [-0.39, 0.29) is 6.42 Å². The first-order valence-corrected chi connectivity index (χ1v) is 4.56. The summed E-state index contributed by atoms with van der Waals surface area (Å²) in [7, 11) is 0. The van der Waals surface area contributed by atoms with Crippen LogP contribution in [0, 0.1) is 10.1 Å². The van der Waals surface area contributed by atoms with Gasteiger partial charge in [-0.25, -0.2) is 15.1 Å². The number of carbonyl (C=O) groups excluding carboxylic acids is 1. The smallest absolute Gasteiger partial charge is 0.170 e. The summed E-state index contributed by atoms with van der Waals surface area (Å²) in [5, 5.41) is 34.7. The Balaban J connectivity index is 0.000000302. The minimum Gasteiger partial charge on any atom is -0.394 e. The molecule has 0 radical (unpaired) electrons. The molecule has 0 aliphatic heterocycles. The van der Waals surface area contributed by atoms with Crippen molar-refractivity contribution in [3.63, 3.8) is 0 Å². The predicted octanol–water partition coefficient (Wildman–Crippen LogP) is -1.79. The number of hydrogen-bond acceptors (Lipinski definition) is 7. The van der Waals surface area contributed by atoms with Crippen LogP contribution in [0.1, 0.15) is 6.42 Å². The van der Waals surface area contributed by atoms with E-state index >= 15 is 0 Å². The van der Waals surface area contributed by atoms with Crippen molar-refractivity contribution >= 4 is 6.29 Å². The van der Waals surface area contributed by atoms with Crippen LogP contribution < -0.4 is 0 Å². The molecule has 17 heavy (non-hydrogen) atoms. The molecule has 96 valence electrons. The van der Waals surface area contributed by atoms with E-state index in [2.05, 4.69) is 4.98 Å². The Morgan fingerprint density at radius 1 is 1.47 bits per heavy atom. The number of aldehydes is 1. The van der Waals surface area contributed by atoms with Gasteiger partial charge in [-0.1, -0.05) is 4.68 Å². The molecule has 0 spiro atoms. The van der Waals surface area contributed by atoms with Gasteiger partial charge in [0.1, 0.15) is 12.4 Å². The van der Waals surface area contributed by atoms with Gasteiger partial charge >= 0.3 is 0 Å². The molecule has 1 aromatic heterocycles. The first kappa shape index (κ1) is 15.2. The Morgan fingerprint density at radius 3 is 2.41 bits per heavy atom. The second kappa shape index (κ2) is 8.33. The quantitative estimate of drug-likeness (QED) is 0.317. The third-order valence-electron chi connectivity index (χ3n) is 1.65. The van der Waals surface area contributed by atoms with Crippen LogP contribution in [-0.2, 0) is 4.79 Å². The van der Waals surface area contributed by atoms with Gasteiger partial charge in [0, 0.05) is 6.42 Å². The molecule has 0 aromatic carbocycles. The maximum absolute atomic E-state index is 9.79. The van der Waals surface area contributed by atoms with E-state index in [1.165, 1.54) is 12.4 Å². The molecule has 2 atom stereocenters. The van der Waals surface area contributed by atoms with Crippen LogP contribution in [0.2, 0.25) is 0 Å². The number of aliphatic hydroxyl groups excluding tert-OH is 3. The van der Waals surface area contributed by atoms with Gasteiger partial charge in [-0.15, -0.1) is 0 Å². The molecular weight excluding hydrogens is 234 g/mol. The summed E-state index contributed by atoms with van der Waals surface area (Å²) in [6.07, 6.45) is 1.76. The van der Waals surface area contributed by atoms with Crippen molar-refractivity contribution in [3.8, 4) is 0 Å². The third kappa shape index (κ3) is 6.35. The van der Waals surface area contributed by atoms with Gasteiger partial charge in [-0.05, 0) is 0 Å². The molecule has 3 N–H and O–H groups in total. The normalized spacial score (nSPS) is 13.1. The Kier molecular flexibility index (Phi) is 7.43. The van der Waals surface area contributed by atoms with Gasteiger partial charge < -0.3 is 20.1 Å². The highest BCUT2D eigenvalue weighted by Crippen LogP contribution is 1.94. The molecule has 1 aromatic rings. The van der Waals surface area contributed by atoms with Crippen molar-refractivity contribution in [2.24, 2.45) is 0 Å². The summed E-state index contributed by atoms with van der Waals surface area (Å²) >= 11 is 0. The van der Waals surface area contributed by atoms with Gasteiger partial charge in [0.2, 0.25) is 0 Å². The maximum Gasteiger partial charge on any atom is 0.170 e. The van der Waals surface area contributed by atoms with E-state index in [9.17, 15) is 14.9 Å². The highest BCUT2D eigenvalue weighted by molar-refractivity contribution is 5.50. The average molecular weight is 247 g/mol. The molecule has 9 heteroatoms. The molecule has 0 bridgehead atoms. The molecule has 2 unspecified atom stereocenters. The molecule has 9 nitrogen and oxygen atoms in total. The van der Waals surface area contributed by atoms with Crippen LogP contribution in [0.5, 0.6) is 0 Å². The molecule has 0 saturated carbocycles. The summed E-state index contributed by atoms with van der Waals surface area (Å²) in [5.74, 6) is 0. The largest absolute Gasteiger partial charge is 0.394 e. The zero-order chi connectivity index (χ0) is 13.3. The maximum atomic E-state index is 9.79. The lowest BCUT2D eigenvalue weighted by Crippen LogP contribution is -2.29. The van der Waals surface area contributed by atoms with Gasteiger partial charge in [-0.2, -0.15) is 0 Å². The van der Waals surface area contributed by atoms with Crippen molar-refractivity contribution in [2.45, 2.75) is 18.6 Å². The van der Waals surface area contributed by atoms with Crippen molar-refractivity contribution in [1.82, 2.24) is 9.66 Å². The van der Waals surface area contributed by atoms with E-state index in [0.717, 1.165) is 11.0 Å². The van der Waals surface area contributed by atoms with Gasteiger partial charge in [0.25, 0.3) is 0 Å². The second-order valence-corrected chi connectivity index (χ2v) is 2.90. The van der Waals surface area contributed by atoms with Gasteiger partial charge in [0.05, 0.1) is 25.1 Å². The fraction of sp³-hybridized carbons (Fsp3) is 0.500. The number of nitrogens with zero attached hydrogens (tertiary/aromatic N) is 3. The topological polar surface area (TPSA) is 139 Å². The first-order valence-electron chi connectivity index (χ1n) is 4.56. The Bertz CT molecular complexity index is 328. The van der Waals surface area contributed by atoms with Gasteiger partial charge in [-0.3, -0.25) is 0 Å². The Labute approximate surface area is 96.1 Å². The van der Waals surface area contributed by atoms with Crippen molar-refractivity contribution in [1.29, 1.82) is 0 Å². The van der Waals surface area contributed by atoms with Crippen LogP contribution in [0.4, 0.5) is 0 Å². The van der Waals surface area contributed by atoms with E-state index in [0.29, 0.717) is 6.29 Å². The molecule has 0 amide bonds. The van der Waals surface area contributed by atoms with E-state index in [1.54, 1.807) is 0 Å². The minimum absolute atomic E-state index is 0.137. The van der Waals surface area contributed by atoms with Crippen LogP contribution in [0.3, 0.4) is 0 Å². The molecular formula is C8H13N3O6. The zero-order valence-corrected chi connectivity index (χ0v) is 8.79.